The number of unbranched alkanes of at least 4 members (excludes halogenated alkanes) is 2. The second-order valence-corrected chi connectivity index (χ2v) is 7.03. The molecule has 0 radical (unpaired) electrons. The topological polar surface area (TPSA) is 23.5 Å². The minimum Gasteiger partial charge on any atom is -0.388 e. The van der Waals surface area contributed by atoms with Crippen molar-refractivity contribution in [2.45, 2.75) is 79.8 Å². The maximum absolute atomic E-state index is 10.8. The summed E-state index contributed by atoms with van der Waals surface area (Å²) < 4.78 is 0. The normalized spacial score (nSPS) is 12.9. The van der Waals surface area contributed by atoms with E-state index in [0.717, 1.165) is 31.6 Å². The van der Waals surface area contributed by atoms with Gasteiger partial charge in [-0.3, -0.25) is 0 Å². The molecule has 0 fully saturated rings. The molecule has 23 heavy (non-hydrogen) atoms. The summed E-state index contributed by atoms with van der Waals surface area (Å²) in [6.07, 6.45) is 5.46. The van der Waals surface area contributed by atoms with E-state index < -0.39 is 0 Å². The summed E-state index contributed by atoms with van der Waals surface area (Å²) in [5.41, 5.74) is 6.25. The first-order valence-corrected chi connectivity index (χ1v) is 9.40. The molecule has 1 aromatic carbocycles. The lowest BCUT2D eigenvalue weighted by Gasteiger charge is -2.25. The lowest BCUT2D eigenvalue weighted by molar-refractivity contribution is 0.139. The van der Waals surface area contributed by atoms with Crippen molar-refractivity contribution in [1.82, 2.24) is 4.90 Å². The van der Waals surface area contributed by atoms with Gasteiger partial charge in [0.1, 0.15) is 0 Å². The number of rotatable bonds is 10. The molecule has 0 aliphatic rings. The van der Waals surface area contributed by atoms with Crippen LogP contribution in [0.4, 0.5) is 0 Å². The minimum absolute atomic E-state index is 0.348. The van der Waals surface area contributed by atoms with Gasteiger partial charge in [0.2, 0.25) is 0 Å². The Labute approximate surface area is 143 Å². The molecule has 0 saturated carbocycles. The number of aryl methyl sites for hydroxylation is 2. The van der Waals surface area contributed by atoms with Crippen molar-refractivity contribution in [1.29, 1.82) is 0 Å². The average Bonchev–Trinajstić information content (AvgIpc) is 2.52. The molecule has 1 rings (SSSR count). The summed E-state index contributed by atoms with van der Waals surface area (Å²) in [6.45, 7) is 16.4. The van der Waals surface area contributed by atoms with Crippen LogP contribution in [-0.4, -0.2) is 29.6 Å². The zero-order valence-electron chi connectivity index (χ0n) is 16.2. The van der Waals surface area contributed by atoms with Crippen molar-refractivity contribution in [3.05, 3.63) is 33.9 Å². The molecule has 0 bridgehead atoms. The Morgan fingerprint density at radius 3 is 1.78 bits per heavy atom. The van der Waals surface area contributed by atoms with Crippen LogP contribution in [0.5, 0.6) is 0 Å². The summed E-state index contributed by atoms with van der Waals surface area (Å²) in [7, 11) is 0. The summed E-state index contributed by atoms with van der Waals surface area (Å²) in [6, 6.07) is 2.23. The number of hydrogen-bond acceptors (Lipinski definition) is 2. The fourth-order valence-electron chi connectivity index (χ4n) is 3.30. The molecular formula is C21H37NO. The number of hydrogen-bond donors (Lipinski definition) is 1. The van der Waals surface area contributed by atoms with Crippen LogP contribution in [0.25, 0.3) is 0 Å². The standard InChI is InChI=1S/C21H37NO/c1-7-9-12-22(13-10-8-2)14-11-20(23)21-18(5)16(3)15-17(4)19(21)6/h15,20,23H,7-14H2,1-6H3. The Bertz CT molecular complexity index is 447. The molecule has 0 saturated heterocycles. The number of nitrogens with zero attached hydrogens (tertiary/aromatic N) is 1. The van der Waals surface area contributed by atoms with E-state index in [1.54, 1.807) is 0 Å². The van der Waals surface area contributed by atoms with Gasteiger partial charge in [-0.15, -0.1) is 0 Å². The van der Waals surface area contributed by atoms with E-state index in [0.29, 0.717) is 0 Å². The molecule has 132 valence electrons. The van der Waals surface area contributed by atoms with E-state index in [2.05, 4.69) is 52.5 Å². The highest BCUT2D eigenvalue weighted by Gasteiger charge is 2.17. The Hall–Kier alpha value is -0.860. The molecule has 0 amide bonds. The lowest BCUT2D eigenvalue weighted by atomic mass is 9.90. The molecule has 0 heterocycles. The summed E-state index contributed by atoms with van der Waals surface area (Å²) in [4.78, 5) is 2.53. The fourth-order valence-corrected chi connectivity index (χ4v) is 3.30. The number of aliphatic hydroxyl groups excluding tert-OH is 1. The molecular weight excluding hydrogens is 282 g/mol. The predicted octanol–water partition coefficient (Wildman–Crippen LogP) is 5.25. The monoisotopic (exact) mass is 319 g/mol. The van der Waals surface area contributed by atoms with Crippen molar-refractivity contribution >= 4 is 0 Å². The van der Waals surface area contributed by atoms with Crippen LogP contribution < -0.4 is 0 Å². The van der Waals surface area contributed by atoms with Crippen molar-refractivity contribution in [3.8, 4) is 0 Å². The van der Waals surface area contributed by atoms with E-state index in [4.69, 9.17) is 0 Å². The maximum atomic E-state index is 10.8. The van der Waals surface area contributed by atoms with Crippen LogP contribution in [0.3, 0.4) is 0 Å². The van der Waals surface area contributed by atoms with Crippen molar-refractivity contribution in [3.63, 3.8) is 0 Å². The van der Waals surface area contributed by atoms with E-state index in [1.165, 1.54) is 47.9 Å². The third-order valence-corrected chi connectivity index (χ3v) is 5.13. The van der Waals surface area contributed by atoms with Gasteiger partial charge in [0.15, 0.2) is 0 Å². The largest absolute Gasteiger partial charge is 0.388 e. The van der Waals surface area contributed by atoms with E-state index in [9.17, 15) is 5.11 Å². The van der Waals surface area contributed by atoms with Gasteiger partial charge in [0.25, 0.3) is 0 Å². The quantitative estimate of drug-likeness (QED) is 0.637. The van der Waals surface area contributed by atoms with Crippen molar-refractivity contribution < 1.29 is 5.11 Å². The van der Waals surface area contributed by atoms with Gasteiger partial charge < -0.3 is 10.0 Å². The second kappa shape index (κ2) is 10.1. The van der Waals surface area contributed by atoms with E-state index in [-0.39, 0.29) is 6.10 Å². The smallest absolute Gasteiger partial charge is 0.0807 e. The van der Waals surface area contributed by atoms with Gasteiger partial charge in [-0.2, -0.15) is 0 Å². The molecule has 1 aromatic rings. The maximum Gasteiger partial charge on any atom is 0.0807 e. The molecule has 1 N–H and O–H groups in total. The Morgan fingerprint density at radius 1 is 0.870 bits per heavy atom. The molecule has 1 atom stereocenters. The van der Waals surface area contributed by atoms with E-state index in [1.807, 2.05) is 0 Å². The lowest BCUT2D eigenvalue weighted by Crippen LogP contribution is -2.28. The number of aliphatic hydroxyl groups is 1. The minimum atomic E-state index is -0.348. The molecule has 0 spiro atoms. The molecule has 0 aliphatic heterocycles. The van der Waals surface area contributed by atoms with Gasteiger partial charge in [-0.1, -0.05) is 32.8 Å². The highest BCUT2D eigenvalue weighted by atomic mass is 16.3. The summed E-state index contributed by atoms with van der Waals surface area (Å²) in [5, 5.41) is 10.8. The fraction of sp³-hybridized carbons (Fsp3) is 0.714. The zero-order valence-corrected chi connectivity index (χ0v) is 16.2. The van der Waals surface area contributed by atoms with Crippen LogP contribution in [0, 0.1) is 27.7 Å². The van der Waals surface area contributed by atoms with Crippen LogP contribution in [0.15, 0.2) is 6.07 Å². The molecule has 2 nitrogen and oxygen atoms in total. The Balaban J connectivity index is 2.76. The first-order valence-electron chi connectivity index (χ1n) is 9.40. The van der Waals surface area contributed by atoms with Gasteiger partial charge in [-0.25, -0.2) is 0 Å². The van der Waals surface area contributed by atoms with Crippen LogP contribution in [-0.2, 0) is 0 Å². The predicted molar refractivity (Wildman–Crippen MR) is 101 cm³/mol. The van der Waals surface area contributed by atoms with Gasteiger partial charge in [0, 0.05) is 6.54 Å². The second-order valence-electron chi connectivity index (χ2n) is 7.03. The highest BCUT2D eigenvalue weighted by Crippen LogP contribution is 2.29. The van der Waals surface area contributed by atoms with Crippen LogP contribution >= 0.6 is 0 Å². The summed E-state index contributed by atoms with van der Waals surface area (Å²) >= 11 is 0. The third kappa shape index (κ3) is 5.93. The van der Waals surface area contributed by atoms with Gasteiger partial charge >= 0.3 is 0 Å². The molecule has 0 aliphatic carbocycles. The average molecular weight is 320 g/mol. The highest BCUT2D eigenvalue weighted by molar-refractivity contribution is 5.45. The van der Waals surface area contributed by atoms with Crippen molar-refractivity contribution in [2.75, 3.05) is 19.6 Å². The molecule has 0 aromatic heterocycles. The van der Waals surface area contributed by atoms with E-state index >= 15 is 0 Å². The van der Waals surface area contributed by atoms with Crippen molar-refractivity contribution in [2.24, 2.45) is 0 Å². The van der Waals surface area contributed by atoms with Gasteiger partial charge in [-0.05, 0) is 87.9 Å². The van der Waals surface area contributed by atoms with Crippen LogP contribution in [0.1, 0.15) is 79.9 Å². The van der Waals surface area contributed by atoms with Crippen LogP contribution in [0.2, 0.25) is 0 Å². The SMILES string of the molecule is CCCCN(CCCC)CCC(O)c1c(C)c(C)cc(C)c1C. The van der Waals surface area contributed by atoms with Gasteiger partial charge in [0.05, 0.1) is 6.10 Å². The zero-order chi connectivity index (χ0) is 17.4. The Morgan fingerprint density at radius 2 is 1.35 bits per heavy atom. The number of benzene rings is 1. The summed E-state index contributed by atoms with van der Waals surface area (Å²) in [5.74, 6) is 0. The third-order valence-electron chi connectivity index (χ3n) is 5.13. The first kappa shape index (κ1) is 20.2. The Kier molecular flexibility index (Phi) is 8.86. The molecule has 1 unspecified atom stereocenters. The molecule has 2 heteroatoms. The first-order chi connectivity index (χ1) is 10.9.